The fraction of sp³-hybridized carbons (Fsp3) is 0.250. The van der Waals surface area contributed by atoms with Crippen molar-refractivity contribution >= 4 is 38.2 Å². The second kappa shape index (κ2) is 5.54. The maximum Gasteiger partial charge on any atom is 0.232 e. The summed E-state index contributed by atoms with van der Waals surface area (Å²) in [5, 5.41) is 0.898. The van der Waals surface area contributed by atoms with Crippen molar-refractivity contribution in [3.05, 3.63) is 36.5 Å². The zero-order chi connectivity index (χ0) is 13.0. The molecule has 0 saturated carbocycles. The van der Waals surface area contributed by atoms with Gasteiger partial charge < -0.3 is 0 Å². The van der Waals surface area contributed by atoms with Gasteiger partial charge in [-0.3, -0.25) is 9.71 Å². The molecule has 0 aliphatic heterocycles. The van der Waals surface area contributed by atoms with Crippen LogP contribution < -0.4 is 4.72 Å². The Hall–Kier alpha value is -1.33. The Morgan fingerprint density at radius 2 is 2.00 bits per heavy atom. The van der Waals surface area contributed by atoms with Crippen molar-refractivity contribution in [2.24, 2.45) is 0 Å². The summed E-state index contributed by atoms with van der Waals surface area (Å²) in [5.74, 6) is 0.342. The highest BCUT2D eigenvalue weighted by atomic mass is 35.5. The molecule has 1 heterocycles. The van der Waals surface area contributed by atoms with Crippen LogP contribution in [0, 0.1) is 0 Å². The highest BCUT2D eigenvalue weighted by Gasteiger charge is 2.11. The first-order valence-corrected chi connectivity index (χ1v) is 7.71. The molecule has 0 amide bonds. The van der Waals surface area contributed by atoms with Gasteiger partial charge in [0.15, 0.2) is 0 Å². The first kappa shape index (κ1) is 13.1. The summed E-state index contributed by atoms with van der Waals surface area (Å²) in [5.41, 5.74) is 1.15. The smallest absolute Gasteiger partial charge is 0.232 e. The first-order chi connectivity index (χ1) is 8.62. The number of rotatable bonds is 5. The predicted molar refractivity (Wildman–Crippen MR) is 74.5 cm³/mol. The van der Waals surface area contributed by atoms with Crippen LogP contribution in [0.2, 0.25) is 0 Å². The van der Waals surface area contributed by atoms with Crippen molar-refractivity contribution in [1.29, 1.82) is 0 Å². The van der Waals surface area contributed by atoms with Crippen molar-refractivity contribution in [1.82, 2.24) is 4.98 Å². The summed E-state index contributed by atoms with van der Waals surface area (Å²) in [7, 11) is -3.36. The molecule has 0 aliphatic carbocycles. The number of halogens is 1. The molecule has 0 aliphatic rings. The van der Waals surface area contributed by atoms with Crippen LogP contribution in [0.5, 0.6) is 0 Å². The Bertz CT molecular complexity index is 638. The van der Waals surface area contributed by atoms with E-state index in [1.54, 1.807) is 18.3 Å². The minimum absolute atomic E-state index is 0.0136. The predicted octanol–water partition coefficient (Wildman–Crippen LogP) is 2.61. The summed E-state index contributed by atoms with van der Waals surface area (Å²) in [4.78, 5) is 4.19. The number of alkyl halides is 1. The SMILES string of the molecule is O=S(=O)(CCCCl)Nc1cccc2cccnc12. The number of benzene rings is 1. The zero-order valence-corrected chi connectivity index (χ0v) is 11.2. The van der Waals surface area contributed by atoms with Crippen LogP contribution >= 0.6 is 11.6 Å². The summed E-state index contributed by atoms with van der Waals surface area (Å²) in [6.07, 6.45) is 2.06. The van der Waals surface area contributed by atoms with E-state index in [0.717, 1.165) is 5.39 Å². The number of hydrogen-bond acceptors (Lipinski definition) is 3. The third kappa shape index (κ3) is 3.11. The van der Waals surface area contributed by atoms with E-state index in [0.29, 0.717) is 23.5 Å². The summed E-state index contributed by atoms with van der Waals surface area (Å²) in [6, 6.07) is 9.09. The number of pyridine rings is 1. The van der Waals surface area contributed by atoms with Gasteiger partial charge >= 0.3 is 0 Å². The van der Waals surface area contributed by atoms with Gasteiger partial charge in [0.05, 0.1) is 17.0 Å². The van der Waals surface area contributed by atoms with Crippen molar-refractivity contribution in [3.63, 3.8) is 0 Å². The van der Waals surface area contributed by atoms with E-state index in [4.69, 9.17) is 11.6 Å². The second-order valence-electron chi connectivity index (χ2n) is 3.84. The fourth-order valence-electron chi connectivity index (χ4n) is 1.65. The van der Waals surface area contributed by atoms with E-state index < -0.39 is 10.0 Å². The average Bonchev–Trinajstić information content (AvgIpc) is 2.37. The van der Waals surface area contributed by atoms with Gasteiger partial charge in [0.2, 0.25) is 10.0 Å². The molecule has 6 heteroatoms. The number of fused-ring (bicyclic) bond motifs is 1. The van der Waals surface area contributed by atoms with Gasteiger partial charge in [0.1, 0.15) is 0 Å². The van der Waals surface area contributed by atoms with Crippen molar-refractivity contribution in [3.8, 4) is 0 Å². The van der Waals surface area contributed by atoms with Gasteiger partial charge in [-0.2, -0.15) is 0 Å². The molecule has 2 aromatic rings. The van der Waals surface area contributed by atoms with Gasteiger partial charge in [0.25, 0.3) is 0 Å². The van der Waals surface area contributed by atoms with Crippen LogP contribution in [0.4, 0.5) is 5.69 Å². The number of sulfonamides is 1. The molecule has 18 heavy (non-hydrogen) atoms. The van der Waals surface area contributed by atoms with E-state index in [2.05, 4.69) is 9.71 Å². The van der Waals surface area contributed by atoms with Gasteiger partial charge in [0, 0.05) is 17.5 Å². The lowest BCUT2D eigenvalue weighted by Gasteiger charge is -2.09. The molecule has 1 aromatic carbocycles. The molecular weight excluding hydrogens is 272 g/mol. The van der Waals surface area contributed by atoms with Crippen LogP contribution in [0.1, 0.15) is 6.42 Å². The largest absolute Gasteiger partial charge is 0.281 e. The Kier molecular flexibility index (Phi) is 4.04. The average molecular weight is 285 g/mol. The van der Waals surface area contributed by atoms with Crippen molar-refractivity contribution in [2.45, 2.75) is 6.42 Å². The lowest BCUT2D eigenvalue weighted by molar-refractivity contribution is 0.600. The number of anilines is 1. The summed E-state index contributed by atoms with van der Waals surface area (Å²) < 4.78 is 26.2. The minimum atomic E-state index is -3.36. The minimum Gasteiger partial charge on any atom is -0.281 e. The van der Waals surface area contributed by atoms with E-state index >= 15 is 0 Å². The molecule has 1 aromatic heterocycles. The summed E-state index contributed by atoms with van der Waals surface area (Å²) in [6.45, 7) is 0. The first-order valence-electron chi connectivity index (χ1n) is 5.52. The molecule has 0 spiro atoms. The Morgan fingerprint density at radius 3 is 2.78 bits per heavy atom. The van der Waals surface area contributed by atoms with Crippen LogP contribution in [0.25, 0.3) is 10.9 Å². The molecule has 0 unspecified atom stereocenters. The number of aromatic nitrogens is 1. The number of para-hydroxylation sites is 1. The zero-order valence-electron chi connectivity index (χ0n) is 9.64. The quantitative estimate of drug-likeness (QED) is 0.859. The number of nitrogens with zero attached hydrogens (tertiary/aromatic N) is 1. The molecule has 2 rings (SSSR count). The summed E-state index contributed by atoms with van der Waals surface area (Å²) >= 11 is 5.50. The molecule has 0 fully saturated rings. The molecule has 1 N–H and O–H groups in total. The van der Waals surface area contributed by atoms with Crippen molar-refractivity contribution < 1.29 is 8.42 Å². The van der Waals surface area contributed by atoms with Crippen LogP contribution in [-0.2, 0) is 10.0 Å². The second-order valence-corrected chi connectivity index (χ2v) is 6.06. The monoisotopic (exact) mass is 284 g/mol. The third-order valence-electron chi connectivity index (χ3n) is 2.44. The molecule has 0 atom stereocenters. The Balaban J connectivity index is 2.32. The number of hydrogen-bond donors (Lipinski definition) is 1. The molecule has 4 nitrogen and oxygen atoms in total. The Labute approximate surface area is 111 Å². The third-order valence-corrected chi connectivity index (χ3v) is 4.07. The lowest BCUT2D eigenvalue weighted by Crippen LogP contribution is -2.17. The molecule has 96 valence electrons. The normalized spacial score (nSPS) is 11.6. The van der Waals surface area contributed by atoms with Crippen LogP contribution in [0.3, 0.4) is 0 Å². The van der Waals surface area contributed by atoms with Gasteiger partial charge in [-0.05, 0) is 18.6 Å². The van der Waals surface area contributed by atoms with Crippen LogP contribution in [-0.4, -0.2) is 25.0 Å². The van der Waals surface area contributed by atoms with Gasteiger partial charge in [-0.1, -0.05) is 18.2 Å². The van der Waals surface area contributed by atoms with E-state index in [1.165, 1.54) is 0 Å². The highest BCUT2D eigenvalue weighted by molar-refractivity contribution is 7.92. The Morgan fingerprint density at radius 1 is 1.22 bits per heavy atom. The maximum absolute atomic E-state index is 11.8. The molecular formula is C12H13ClN2O2S. The topological polar surface area (TPSA) is 59.1 Å². The highest BCUT2D eigenvalue weighted by Crippen LogP contribution is 2.21. The molecule has 0 saturated heterocycles. The van der Waals surface area contributed by atoms with E-state index in [-0.39, 0.29) is 5.75 Å². The van der Waals surface area contributed by atoms with Gasteiger partial charge in [-0.25, -0.2) is 8.42 Å². The van der Waals surface area contributed by atoms with Crippen molar-refractivity contribution in [2.75, 3.05) is 16.4 Å². The van der Waals surface area contributed by atoms with E-state index in [9.17, 15) is 8.42 Å². The van der Waals surface area contributed by atoms with Gasteiger partial charge in [-0.15, -0.1) is 11.6 Å². The van der Waals surface area contributed by atoms with E-state index in [1.807, 2.05) is 18.2 Å². The lowest BCUT2D eigenvalue weighted by atomic mass is 10.2. The molecule has 0 radical (unpaired) electrons. The van der Waals surface area contributed by atoms with Crippen LogP contribution in [0.15, 0.2) is 36.5 Å². The standard InChI is InChI=1S/C12H13ClN2O2S/c13-7-3-9-18(16,17)15-11-6-1-4-10-5-2-8-14-12(10)11/h1-2,4-6,8,15H,3,7,9H2. The number of nitrogens with one attached hydrogen (secondary N) is 1. The fourth-order valence-corrected chi connectivity index (χ4v) is 3.07. The molecule has 0 bridgehead atoms. The maximum atomic E-state index is 11.8.